The van der Waals surface area contributed by atoms with E-state index in [1.807, 2.05) is 6.92 Å². The number of rotatable bonds is 5. The van der Waals surface area contributed by atoms with E-state index in [-0.39, 0.29) is 0 Å². The predicted octanol–water partition coefficient (Wildman–Crippen LogP) is 0.203. The SMILES string of the molecule is Cc1ccc(C(=O)NC(CO)(CO)CO)cc1Br. The molecule has 0 fully saturated rings. The monoisotopic (exact) mass is 317 g/mol. The highest BCUT2D eigenvalue weighted by molar-refractivity contribution is 9.10. The molecular weight excluding hydrogens is 302 g/mol. The summed E-state index contributed by atoms with van der Waals surface area (Å²) >= 11 is 3.32. The third kappa shape index (κ3) is 3.29. The molecule has 100 valence electrons. The van der Waals surface area contributed by atoms with Gasteiger partial charge in [-0.25, -0.2) is 0 Å². The summed E-state index contributed by atoms with van der Waals surface area (Å²) in [4.78, 5) is 11.9. The molecule has 0 aromatic heterocycles. The molecule has 0 aliphatic rings. The van der Waals surface area contributed by atoms with Crippen LogP contribution in [0.2, 0.25) is 0 Å². The summed E-state index contributed by atoms with van der Waals surface area (Å²) in [5.74, 6) is -0.465. The lowest BCUT2D eigenvalue weighted by Crippen LogP contribution is -2.57. The molecule has 1 aromatic rings. The van der Waals surface area contributed by atoms with E-state index in [0.29, 0.717) is 5.56 Å². The molecule has 0 saturated heterocycles. The lowest BCUT2D eigenvalue weighted by atomic mass is 10.0. The summed E-state index contributed by atoms with van der Waals surface area (Å²) in [5, 5.41) is 29.8. The van der Waals surface area contributed by atoms with Crippen LogP contribution in [-0.4, -0.2) is 46.6 Å². The number of aryl methyl sites for hydroxylation is 1. The van der Waals surface area contributed by atoms with Crippen LogP contribution in [-0.2, 0) is 0 Å². The lowest BCUT2D eigenvalue weighted by Gasteiger charge is -2.28. The molecule has 1 amide bonds. The number of amides is 1. The fourth-order valence-electron chi connectivity index (χ4n) is 1.32. The van der Waals surface area contributed by atoms with Crippen molar-refractivity contribution in [2.45, 2.75) is 12.5 Å². The molecule has 18 heavy (non-hydrogen) atoms. The van der Waals surface area contributed by atoms with Gasteiger partial charge in [0.05, 0.1) is 19.8 Å². The molecule has 0 saturated carbocycles. The van der Waals surface area contributed by atoms with Gasteiger partial charge in [-0.05, 0) is 24.6 Å². The third-order valence-electron chi connectivity index (χ3n) is 2.72. The molecule has 0 bridgehead atoms. The van der Waals surface area contributed by atoms with Crippen LogP contribution >= 0.6 is 15.9 Å². The maximum atomic E-state index is 11.9. The van der Waals surface area contributed by atoms with Crippen LogP contribution in [0, 0.1) is 6.92 Å². The second-order valence-electron chi connectivity index (χ2n) is 4.17. The van der Waals surface area contributed by atoms with Crippen LogP contribution in [0.15, 0.2) is 22.7 Å². The van der Waals surface area contributed by atoms with Crippen molar-refractivity contribution in [1.82, 2.24) is 5.32 Å². The summed E-state index contributed by atoms with van der Waals surface area (Å²) in [5.41, 5.74) is -0.0365. The normalized spacial score (nSPS) is 11.4. The Balaban J connectivity index is 2.90. The second kappa shape index (κ2) is 6.29. The van der Waals surface area contributed by atoms with Crippen molar-refractivity contribution in [3.63, 3.8) is 0 Å². The van der Waals surface area contributed by atoms with E-state index < -0.39 is 31.3 Å². The molecule has 1 rings (SSSR count). The summed E-state index contributed by atoms with van der Waals surface area (Å²) < 4.78 is 0.790. The number of hydrogen-bond donors (Lipinski definition) is 4. The molecule has 0 unspecified atom stereocenters. The van der Waals surface area contributed by atoms with Crippen molar-refractivity contribution in [3.05, 3.63) is 33.8 Å². The average Bonchev–Trinajstić information content (AvgIpc) is 2.39. The Morgan fingerprint density at radius 3 is 2.28 bits per heavy atom. The number of carbonyl (C=O) groups is 1. The summed E-state index contributed by atoms with van der Waals surface area (Å²) in [6, 6.07) is 5.05. The average molecular weight is 318 g/mol. The van der Waals surface area contributed by atoms with Gasteiger partial charge in [-0.1, -0.05) is 22.0 Å². The van der Waals surface area contributed by atoms with E-state index in [9.17, 15) is 4.79 Å². The van der Waals surface area contributed by atoms with Crippen LogP contribution in [0.1, 0.15) is 15.9 Å². The maximum Gasteiger partial charge on any atom is 0.251 e. The minimum atomic E-state index is -1.41. The molecule has 0 heterocycles. The van der Waals surface area contributed by atoms with Gasteiger partial charge in [0, 0.05) is 10.0 Å². The zero-order valence-corrected chi connectivity index (χ0v) is 11.6. The van der Waals surface area contributed by atoms with E-state index in [0.717, 1.165) is 10.0 Å². The van der Waals surface area contributed by atoms with Crippen LogP contribution in [0.4, 0.5) is 0 Å². The lowest BCUT2D eigenvalue weighted by molar-refractivity contribution is 0.0375. The van der Waals surface area contributed by atoms with Crippen molar-refractivity contribution in [1.29, 1.82) is 0 Å². The Hall–Kier alpha value is -0.950. The molecule has 1 aromatic carbocycles. The zero-order valence-electron chi connectivity index (χ0n) is 9.98. The fourth-order valence-corrected chi connectivity index (χ4v) is 1.69. The van der Waals surface area contributed by atoms with Gasteiger partial charge in [0.25, 0.3) is 5.91 Å². The van der Waals surface area contributed by atoms with Gasteiger partial charge >= 0.3 is 0 Å². The minimum absolute atomic E-state index is 0.382. The van der Waals surface area contributed by atoms with Crippen molar-refractivity contribution < 1.29 is 20.1 Å². The highest BCUT2D eigenvalue weighted by atomic mass is 79.9. The number of aliphatic hydroxyl groups excluding tert-OH is 3. The maximum absolute atomic E-state index is 11.9. The quantitative estimate of drug-likeness (QED) is 0.624. The Bertz CT molecular complexity index is 424. The van der Waals surface area contributed by atoms with E-state index in [1.165, 1.54) is 0 Å². The van der Waals surface area contributed by atoms with E-state index in [1.54, 1.807) is 18.2 Å². The van der Waals surface area contributed by atoms with Gasteiger partial charge in [0.15, 0.2) is 0 Å². The highest BCUT2D eigenvalue weighted by Crippen LogP contribution is 2.18. The molecule has 0 aliphatic heterocycles. The number of carbonyl (C=O) groups excluding carboxylic acids is 1. The number of aliphatic hydroxyl groups is 3. The molecule has 0 atom stereocenters. The van der Waals surface area contributed by atoms with Crippen molar-refractivity contribution in [2.24, 2.45) is 0 Å². The number of halogens is 1. The van der Waals surface area contributed by atoms with Crippen molar-refractivity contribution in [3.8, 4) is 0 Å². The first-order chi connectivity index (χ1) is 8.48. The van der Waals surface area contributed by atoms with Gasteiger partial charge in [-0.2, -0.15) is 0 Å². The first kappa shape index (κ1) is 15.1. The van der Waals surface area contributed by atoms with Crippen LogP contribution in [0.25, 0.3) is 0 Å². The Labute approximate surface area is 114 Å². The summed E-state index contributed by atoms with van der Waals surface area (Å²) in [6.45, 7) is 0.265. The van der Waals surface area contributed by atoms with Gasteiger partial charge in [0.2, 0.25) is 0 Å². The number of hydrogen-bond acceptors (Lipinski definition) is 4. The van der Waals surface area contributed by atoms with Crippen molar-refractivity contribution in [2.75, 3.05) is 19.8 Å². The van der Waals surface area contributed by atoms with Crippen LogP contribution < -0.4 is 5.32 Å². The molecule has 0 radical (unpaired) electrons. The van der Waals surface area contributed by atoms with Gasteiger partial charge < -0.3 is 20.6 Å². The Morgan fingerprint density at radius 2 is 1.83 bits per heavy atom. The number of benzene rings is 1. The molecule has 5 nitrogen and oxygen atoms in total. The summed E-state index contributed by atoms with van der Waals surface area (Å²) in [6.07, 6.45) is 0. The first-order valence-corrected chi connectivity index (χ1v) is 6.18. The zero-order chi connectivity index (χ0) is 13.8. The molecule has 0 aliphatic carbocycles. The van der Waals surface area contributed by atoms with Gasteiger partial charge in [-0.3, -0.25) is 4.79 Å². The smallest absolute Gasteiger partial charge is 0.251 e. The molecule has 4 N–H and O–H groups in total. The van der Waals surface area contributed by atoms with Crippen LogP contribution in [0.3, 0.4) is 0 Å². The molecule has 6 heteroatoms. The topological polar surface area (TPSA) is 89.8 Å². The standard InChI is InChI=1S/C12H16BrNO4/c1-8-2-3-9(4-10(8)13)11(18)14-12(5-15,6-16)7-17/h2-4,15-17H,5-7H2,1H3,(H,14,18). The predicted molar refractivity (Wildman–Crippen MR) is 70.3 cm³/mol. The first-order valence-electron chi connectivity index (χ1n) is 5.39. The minimum Gasteiger partial charge on any atom is -0.394 e. The fraction of sp³-hybridized carbons (Fsp3) is 0.417. The largest absolute Gasteiger partial charge is 0.394 e. The summed E-state index contributed by atoms with van der Waals surface area (Å²) in [7, 11) is 0. The van der Waals surface area contributed by atoms with E-state index in [2.05, 4.69) is 21.2 Å². The second-order valence-corrected chi connectivity index (χ2v) is 5.03. The molecule has 0 spiro atoms. The molecular formula is C12H16BrNO4. The van der Waals surface area contributed by atoms with Gasteiger partial charge in [-0.15, -0.1) is 0 Å². The third-order valence-corrected chi connectivity index (χ3v) is 3.58. The Morgan fingerprint density at radius 1 is 1.28 bits per heavy atom. The number of nitrogens with one attached hydrogen (secondary N) is 1. The van der Waals surface area contributed by atoms with Crippen molar-refractivity contribution >= 4 is 21.8 Å². The van der Waals surface area contributed by atoms with E-state index >= 15 is 0 Å². The van der Waals surface area contributed by atoms with Crippen LogP contribution in [0.5, 0.6) is 0 Å². The van der Waals surface area contributed by atoms with E-state index in [4.69, 9.17) is 15.3 Å². The Kier molecular flexibility index (Phi) is 5.28. The highest BCUT2D eigenvalue weighted by Gasteiger charge is 2.30. The van der Waals surface area contributed by atoms with Gasteiger partial charge in [0.1, 0.15) is 5.54 Å².